The second-order valence-electron chi connectivity index (χ2n) is 3.33. The van der Waals surface area contributed by atoms with E-state index < -0.39 is 0 Å². The normalized spacial score (nSPS) is 10.3. The fraction of sp³-hybridized carbons (Fsp3) is 0.167. The van der Waals surface area contributed by atoms with Crippen molar-refractivity contribution < 1.29 is 14.3 Å². The maximum absolute atomic E-state index is 11.5. The van der Waals surface area contributed by atoms with Gasteiger partial charge in [0.05, 0.1) is 12.2 Å². The van der Waals surface area contributed by atoms with E-state index in [1.807, 2.05) is 0 Å². The molecule has 0 atom stereocenters. The van der Waals surface area contributed by atoms with Gasteiger partial charge >= 0.3 is 5.97 Å². The number of pyridine rings is 1. The molecular formula is C12H11NO3. The Morgan fingerprint density at radius 3 is 3.00 bits per heavy atom. The van der Waals surface area contributed by atoms with E-state index in [4.69, 9.17) is 4.74 Å². The van der Waals surface area contributed by atoms with Gasteiger partial charge in [0.15, 0.2) is 6.20 Å². The molecule has 0 N–H and O–H groups in total. The van der Waals surface area contributed by atoms with Crippen molar-refractivity contribution in [2.24, 2.45) is 0 Å². The maximum Gasteiger partial charge on any atom is 0.338 e. The van der Waals surface area contributed by atoms with E-state index in [9.17, 15) is 10.0 Å². The number of hydrogen-bond acceptors (Lipinski definition) is 3. The number of hydrogen-bond donors (Lipinski definition) is 0. The summed E-state index contributed by atoms with van der Waals surface area (Å²) >= 11 is 0. The molecule has 2 aromatic rings. The van der Waals surface area contributed by atoms with Gasteiger partial charge in [-0.25, -0.2) is 4.79 Å². The third kappa shape index (κ3) is 1.82. The molecule has 1 aromatic carbocycles. The Kier molecular flexibility index (Phi) is 2.72. The highest BCUT2D eigenvalue weighted by Gasteiger charge is 2.09. The number of benzene rings is 1. The summed E-state index contributed by atoms with van der Waals surface area (Å²) in [6.07, 6.45) is 1.42. The van der Waals surface area contributed by atoms with Crippen molar-refractivity contribution in [3.8, 4) is 0 Å². The summed E-state index contributed by atoms with van der Waals surface area (Å²) in [6.45, 7) is 2.10. The summed E-state index contributed by atoms with van der Waals surface area (Å²) in [4.78, 5) is 11.5. The molecule has 1 heterocycles. The van der Waals surface area contributed by atoms with Crippen LogP contribution >= 0.6 is 0 Å². The van der Waals surface area contributed by atoms with Crippen molar-refractivity contribution in [2.75, 3.05) is 6.61 Å². The van der Waals surface area contributed by atoms with Crippen LogP contribution < -0.4 is 4.73 Å². The maximum atomic E-state index is 11.5. The molecule has 0 aliphatic heterocycles. The number of fused-ring (bicyclic) bond motifs is 1. The van der Waals surface area contributed by atoms with Crippen LogP contribution in [0.1, 0.15) is 17.3 Å². The number of carbonyl (C=O) groups excluding carboxylic acids is 1. The second-order valence-corrected chi connectivity index (χ2v) is 3.33. The Bertz CT molecular complexity index is 537. The summed E-state index contributed by atoms with van der Waals surface area (Å²) in [5.74, 6) is -0.370. The first-order valence-electron chi connectivity index (χ1n) is 5.01. The van der Waals surface area contributed by atoms with Gasteiger partial charge in [-0.3, -0.25) is 0 Å². The Balaban J connectivity index is 2.48. The largest absolute Gasteiger partial charge is 0.618 e. The van der Waals surface area contributed by atoms with E-state index in [0.717, 1.165) is 10.1 Å². The van der Waals surface area contributed by atoms with Crippen LogP contribution in [0.25, 0.3) is 10.9 Å². The van der Waals surface area contributed by atoms with Crippen molar-refractivity contribution in [1.29, 1.82) is 0 Å². The molecule has 0 aliphatic carbocycles. The summed E-state index contributed by atoms with van der Waals surface area (Å²) in [5, 5.41) is 12.1. The molecule has 16 heavy (non-hydrogen) atoms. The smallest absolute Gasteiger partial charge is 0.338 e. The van der Waals surface area contributed by atoms with Crippen LogP contribution in [0.15, 0.2) is 36.5 Å². The number of aromatic nitrogens is 1. The van der Waals surface area contributed by atoms with E-state index in [-0.39, 0.29) is 5.97 Å². The van der Waals surface area contributed by atoms with E-state index in [2.05, 4.69) is 0 Å². The van der Waals surface area contributed by atoms with Crippen molar-refractivity contribution in [3.05, 3.63) is 47.3 Å². The molecule has 0 saturated carbocycles. The molecule has 0 fully saturated rings. The molecule has 0 unspecified atom stereocenters. The third-order valence-corrected chi connectivity index (χ3v) is 2.27. The first-order chi connectivity index (χ1) is 7.72. The zero-order valence-electron chi connectivity index (χ0n) is 8.84. The number of rotatable bonds is 2. The minimum absolute atomic E-state index is 0.340. The first-order valence-corrected chi connectivity index (χ1v) is 5.01. The number of esters is 1. The summed E-state index contributed by atoms with van der Waals surface area (Å²) in [5.41, 5.74) is 0.996. The van der Waals surface area contributed by atoms with E-state index >= 15 is 0 Å². The van der Waals surface area contributed by atoms with Crippen molar-refractivity contribution in [1.82, 2.24) is 0 Å². The monoisotopic (exact) mass is 217 g/mol. The standard InChI is InChI=1S/C12H11NO3/c1-2-16-12(14)10-5-6-11-9(8-10)4-3-7-13(11)15/h3-8H,2H2,1H3. The minimum Gasteiger partial charge on any atom is -0.618 e. The Morgan fingerprint density at radius 2 is 2.25 bits per heavy atom. The van der Waals surface area contributed by atoms with Gasteiger partial charge in [-0.1, -0.05) is 0 Å². The zero-order valence-corrected chi connectivity index (χ0v) is 8.84. The van der Waals surface area contributed by atoms with Gasteiger partial charge in [0.1, 0.15) is 0 Å². The lowest BCUT2D eigenvalue weighted by atomic mass is 10.1. The van der Waals surface area contributed by atoms with Gasteiger partial charge in [0.25, 0.3) is 0 Å². The van der Waals surface area contributed by atoms with E-state index in [1.165, 1.54) is 6.20 Å². The van der Waals surface area contributed by atoms with Crippen LogP contribution in [-0.2, 0) is 4.74 Å². The molecule has 82 valence electrons. The summed E-state index contributed by atoms with van der Waals surface area (Å²) < 4.78 is 5.65. The topological polar surface area (TPSA) is 53.2 Å². The SMILES string of the molecule is CCOC(=O)c1ccc2c(ccc[n+]2[O-])c1. The fourth-order valence-electron chi connectivity index (χ4n) is 1.54. The quantitative estimate of drug-likeness (QED) is 0.436. The molecular weight excluding hydrogens is 206 g/mol. The molecule has 0 aliphatic rings. The fourth-order valence-corrected chi connectivity index (χ4v) is 1.54. The summed E-state index contributed by atoms with van der Waals surface area (Å²) in [6, 6.07) is 8.29. The Hall–Kier alpha value is -2.10. The lowest BCUT2D eigenvalue weighted by Crippen LogP contribution is -2.25. The predicted octanol–water partition coefficient (Wildman–Crippen LogP) is 1.65. The van der Waals surface area contributed by atoms with Crippen molar-refractivity contribution >= 4 is 16.9 Å². The Labute approximate surface area is 92.7 Å². The molecule has 0 amide bonds. The van der Waals surface area contributed by atoms with Crippen LogP contribution in [0.4, 0.5) is 0 Å². The summed E-state index contributed by atoms with van der Waals surface area (Å²) in [7, 11) is 0. The van der Waals surface area contributed by atoms with Crippen LogP contribution in [0.3, 0.4) is 0 Å². The van der Waals surface area contributed by atoms with Crippen LogP contribution in [0.5, 0.6) is 0 Å². The van der Waals surface area contributed by atoms with Gasteiger partial charge in [-0.15, -0.1) is 0 Å². The minimum atomic E-state index is -0.370. The first kappa shape index (κ1) is 10.4. The van der Waals surface area contributed by atoms with E-state index in [1.54, 1.807) is 37.3 Å². The molecule has 0 radical (unpaired) electrons. The van der Waals surface area contributed by atoms with Gasteiger partial charge in [-0.2, -0.15) is 4.73 Å². The molecule has 4 nitrogen and oxygen atoms in total. The van der Waals surface area contributed by atoms with Crippen LogP contribution in [0.2, 0.25) is 0 Å². The van der Waals surface area contributed by atoms with Gasteiger partial charge in [0.2, 0.25) is 5.52 Å². The van der Waals surface area contributed by atoms with E-state index in [0.29, 0.717) is 17.7 Å². The highest BCUT2D eigenvalue weighted by molar-refractivity contribution is 5.93. The average molecular weight is 217 g/mol. The van der Waals surface area contributed by atoms with Gasteiger partial charge < -0.3 is 9.94 Å². The van der Waals surface area contributed by atoms with Gasteiger partial charge in [0, 0.05) is 17.5 Å². The molecule has 1 aromatic heterocycles. The molecule has 0 bridgehead atoms. The average Bonchev–Trinajstić information content (AvgIpc) is 2.29. The highest BCUT2D eigenvalue weighted by atomic mass is 16.5. The molecule has 4 heteroatoms. The van der Waals surface area contributed by atoms with Crippen LogP contribution in [0, 0.1) is 5.21 Å². The van der Waals surface area contributed by atoms with Crippen molar-refractivity contribution in [3.63, 3.8) is 0 Å². The number of carbonyl (C=O) groups is 1. The predicted molar refractivity (Wildman–Crippen MR) is 58.9 cm³/mol. The zero-order chi connectivity index (χ0) is 11.5. The molecule has 0 saturated heterocycles. The molecule has 0 spiro atoms. The highest BCUT2D eigenvalue weighted by Crippen LogP contribution is 2.13. The Morgan fingerprint density at radius 1 is 1.44 bits per heavy atom. The van der Waals surface area contributed by atoms with Crippen molar-refractivity contribution in [2.45, 2.75) is 6.92 Å². The second kappa shape index (κ2) is 4.18. The lowest BCUT2D eigenvalue weighted by Gasteiger charge is -2.04. The number of nitrogens with zero attached hydrogens (tertiary/aromatic N) is 1. The molecule has 2 rings (SSSR count). The van der Waals surface area contributed by atoms with Gasteiger partial charge in [-0.05, 0) is 25.1 Å². The van der Waals surface area contributed by atoms with Crippen LogP contribution in [-0.4, -0.2) is 12.6 Å². The lowest BCUT2D eigenvalue weighted by molar-refractivity contribution is -0.577. The third-order valence-electron chi connectivity index (χ3n) is 2.27. The number of ether oxygens (including phenoxy) is 1.